The molecule has 0 bridgehead atoms. The molecular formula is C15H22N2S. The van der Waals surface area contributed by atoms with Gasteiger partial charge in [-0.3, -0.25) is 0 Å². The van der Waals surface area contributed by atoms with Crippen molar-refractivity contribution in [2.24, 2.45) is 0 Å². The zero-order chi connectivity index (χ0) is 13.0. The van der Waals surface area contributed by atoms with E-state index in [9.17, 15) is 0 Å². The van der Waals surface area contributed by atoms with Gasteiger partial charge in [0.2, 0.25) is 0 Å². The van der Waals surface area contributed by atoms with Crippen molar-refractivity contribution in [1.29, 1.82) is 0 Å². The lowest BCUT2D eigenvalue weighted by atomic mass is 10.1. The minimum absolute atomic E-state index is 0.969. The monoisotopic (exact) mass is 262 g/mol. The third-order valence-electron chi connectivity index (χ3n) is 3.47. The highest BCUT2D eigenvalue weighted by molar-refractivity contribution is 7.80. The van der Waals surface area contributed by atoms with Crippen LogP contribution in [0.4, 0.5) is 0 Å². The van der Waals surface area contributed by atoms with Crippen LogP contribution in [-0.2, 0) is 6.42 Å². The maximum atomic E-state index is 4.26. The number of para-hydroxylation sites is 1. The van der Waals surface area contributed by atoms with E-state index in [0.717, 1.165) is 31.7 Å². The van der Waals surface area contributed by atoms with E-state index in [1.165, 1.54) is 22.2 Å². The fourth-order valence-electron chi connectivity index (χ4n) is 2.41. The Morgan fingerprint density at radius 2 is 2.00 bits per heavy atom. The van der Waals surface area contributed by atoms with Crippen LogP contribution >= 0.6 is 12.6 Å². The second kappa shape index (κ2) is 6.30. The standard InChI is InChI=1S/C15H22N2S/c1-12-13(8-10-17(2)9-5-11-18)14-6-3-4-7-15(14)16-12/h3-4,6-7,16,18H,5,8-11H2,1-2H3. The highest BCUT2D eigenvalue weighted by Crippen LogP contribution is 2.22. The molecule has 0 fully saturated rings. The molecule has 0 unspecified atom stereocenters. The van der Waals surface area contributed by atoms with Gasteiger partial charge in [0.1, 0.15) is 0 Å². The van der Waals surface area contributed by atoms with E-state index in [2.05, 4.69) is 60.7 Å². The molecule has 2 rings (SSSR count). The smallest absolute Gasteiger partial charge is 0.0458 e. The molecule has 3 heteroatoms. The normalized spacial score (nSPS) is 11.6. The van der Waals surface area contributed by atoms with Crippen molar-refractivity contribution in [2.45, 2.75) is 19.8 Å². The number of aromatic amines is 1. The number of benzene rings is 1. The van der Waals surface area contributed by atoms with Crippen molar-refractivity contribution in [2.75, 3.05) is 25.9 Å². The minimum Gasteiger partial charge on any atom is -0.358 e. The summed E-state index contributed by atoms with van der Waals surface area (Å²) in [5.74, 6) is 0.969. The Kier molecular flexibility index (Phi) is 4.72. The van der Waals surface area contributed by atoms with Gasteiger partial charge < -0.3 is 9.88 Å². The minimum atomic E-state index is 0.969. The lowest BCUT2D eigenvalue weighted by molar-refractivity contribution is 0.340. The van der Waals surface area contributed by atoms with Crippen LogP contribution < -0.4 is 0 Å². The SMILES string of the molecule is Cc1[nH]c2ccccc2c1CCN(C)CCCS. The lowest BCUT2D eigenvalue weighted by Gasteiger charge is -2.15. The van der Waals surface area contributed by atoms with Crippen molar-refractivity contribution in [3.8, 4) is 0 Å². The summed E-state index contributed by atoms with van der Waals surface area (Å²) in [6.07, 6.45) is 2.27. The third kappa shape index (κ3) is 3.09. The maximum Gasteiger partial charge on any atom is 0.0458 e. The van der Waals surface area contributed by atoms with Crippen molar-refractivity contribution >= 4 is 23.5 Å². The second-order valence-corrected chi connectivity index (χ2v) is 5.35. The molecule has 0 spiro atoms. The van der Waals surface area contributed by atoms with Crippen LogP contribution in [0.2, 0.25) is 0 Å². The first-order chi connectivity index (χ1) is 8.72. The molecular weight excluding hydrogens is 240 g/mol. The number of likely N-dealkylation sites (N-methyl/N-ethyl adjacent to an activating group) is 1. The van der Waals surface area contributed by atoms with E-state index in [-0.39, 0.29) is 0 Å². The molecule has 0 amide bonds. The number of nitrogens with zero attached hydrogens (tertiary/aromatic N) is 1. The fraction of sp³-hybridized carbons (Fsp3) is 0.467. The average Bonchev–Trinajstić information content (AvgIpc) is 2.69. The van der Waals surface area contributed by atoms with Crippen LogP contribution in [0.3, 0.4) is 0 Å². The first-order valence-corrected chi connectivity index (χ1v) is 7.21. The van der Waals surface area contributed by atoms with Crippen LogP contribution in [0.25, 0.3) is 10.9 Å². The summed E-state index contributed by atoms with van der Waals surface area (Å²) in [6, 6.07) is 8.56. The first-order valence-electron chi connectivity index (χ1n) is 6.58. The van der Waals surface area contributed by atoms with Gasteiger partial charge in [-0.25, -0.2) is 0 Å². The predicted octanol–water partition coefficient (Wildman–Crippen LogP) is 3.27. The average molecular weight is 262 g/mol. The molecule has 1 aromatic carbocycles. The highest BCUT2D eigenvalue weighted by atomic mass is 32.1. The molecule has 0 aliphatic carbocycles. The van der Waals surface area contributed by atoms with Gasteiger partial charge in [-0.2, -0.15) is 12.6 Å². The summed E-state index contributed by atoms with van der Waals surface area (Å²) in [6.45, 7) is 4.41. The number of H-pyrrole nitrogens is 1. The van der Waals surface area contributed by atoms with Crippen LogP contribution in [0.15, 0.2) is 24.3 Å². The van der Waals surface area contributed by atoms with Crippen molar-refractivity contribution in [1.82, 2.24) is 9.88 Å². The second-order valence-electron chi connectivity index (χ2n) is 4.90. The topological polar surface area (TPSA) is 19.0 Å². The Bertz CT molecular complexity index is 504. The number of thiol groups is 1. The molecule has 1 N–H and O–H groups in total. The van der Waals surface area contributed by atoms with Crippen LogP contribution in [0.5, 0.6) is 0 Å². The van der Waals surface area contributed by atoms with Crippen LogP contribution in [-0.4, -0.2) is 35.8 Å². The third-order valence-corrected chi connectivity index (χ3v) is 3.78. The molecule has 0 saturated heterocycles. The Labute approximate surface area is 115 Å². The number of aryl methyl sites for hydroxylation is 1. The van der Waals surface area contributed by atoms with E-state index in [0.29, 0.717) is 0 Å². The van der Waals surface area contributed by atoms with Crippen molar-refractivity contribution in [3.63, 3.8) is 0 Å². The summed E-state index contributed by atoms with van der Waals surface area (Å²) in [7, 11) is 2.19. The van der Waals surface area contributed by atoms with Gasteiger partial charge in [-0.1, -0.05) is 18.2 Å². The summed E-state index contributed by atoms with van der Waals surface area (Å²) in [5, 5.41) is 1.37. The largest absolute Gasteiger partial charge is 0.358 e. The number of rotatable bonds is 6. The lowest BCUT2D eigenvalue weighted by Crippen LogP contribution is -2.22. The molecule has 2 nitrogen and oxygen atoms in total. The Hall–Kier alpha value is -0.930. The van der Waals surface area contributed by atoms with Gasteiger partial charge in [0.05, 0.1) is 0 Å². The van der Waals surface area contributed by atoms with E-state index < -0.39 is 0 Å². The van der Waals surface area contributed by atoms with Crippen LogP contribution in [0, 0.1) is 6.92 Å². The Morgan fingerprint density at radius 3 is 2.78 bits per heavy atom. The fourth-order valence-corrected chi connectivity index (χ4v) is 2.55. The molecule has 1 heterocycles. The zero-order valence-corrected chi connectivity index (χ0v) is 12.1. The number of aromatic nitrogens is 1. The molecule has 2 aromatic rings. The van der Waals surface area contributed by atoms with E-state index in [4.69, 9.17) is 0 Å². The first kappa shape index (κ1) is 13.5. The van der Waals surface area contributed by atoms with E-state index >= 15 is 0 Å². The quantitative estimate of drug-likeness (QED) is 0.765. The molecule has 18 heavy (non-hydrogen) atoms. The van der Waals surface area contributed by atoms with Crippen molar-refractivity contribution < 1.29 is 0 Å². The summed E-state index contributed by atoms with van der Waals surface area (Å²) >= 11 is 4.26. The number of hydrogen-bond donors (Lipinski definition) is 2. The highest BCUT2D eigenvalue weighted by Gasteiger charge is 2.08. The predicted molar refractivity (Wildman–Crippen MR) is 82.7 cm³/mol. The molecule has 0 saturated carbocycles. The molecule has 0 aliphatic rings. The zero-order valence-electron chi connectivity index (χ0n) is 11.2. The van der Waals surface area contributed by atoms with Crippen molar-refractivity contribution in [3.05, 3.63) is 35.5 Å². The van der Waals surface area contributed by atoms with E-state index in [1.54, 1.807) is 0 Å². The van der Waals surface area contributed by atoms with Crippen LogP contribution in [0.1, 0.15) is 17.7 Å². The summed E-state index contributed by atoms with van der Waals surface area (Å²) < 4.78 is 0. The number of fused-ring (bicyclic) bond motifs is 1. The van der Waals surface area contributed by atoms with Gasteiger partial charge in [-0.05, 0) is 50.7 Å². The van der Waals surface area contributed by atoms with Gasteiger partial charge in [-0.15, -0.1) is 0 Å². The molecule has 1 aromatic heterocycles. The van der Waals surface area contributed by atoms with Gasteiger partial charge in [0, 0.05) is 23.1 Å². The molecule has 0 atom stereocenters. The summed E-state index contributed by atoms with van der Waals surface area (Å²) in [4.78, 5) is 5.85. The van der Waals surface area contributed by atoms with Gasteiger partial charge >= 0.3 is 0 Å². The Balaban J connectivity index is 2.05. The summed E-state index contributed by atoms with van der Waals surface area (Å²) in [5.41, 5.74) is 4.02. The maximum absolute atomic E-state index is 4.26. The van der Waals surface area contributed by atoms with Gasteiger partial charge in [0.25, 0.3) is 0 Å². The number of nitrogens with one attached hydrogen (secondary N) is 1. The van der Waals surface area contributed by atoms with E-state index in [1.807, 2.05) is 0 Å². The molecule has 0 radical (unpaired) electrons. The molecule has 0 aliphatic heterocycles. The number of hydrogen-bond acceptors (Lipinski definition) is 2. The molecule has 98 valence electrons. The van der Waals surface area contributed by atoms with Gasteiger partial charge in [0.15, 0.2) is 0 Å². The Morgan fingerprint density at radius 1 is 1.22 bits per heavy atom.